The lowest BCUT2D eigenvalue weighted by atomic mass is 9.85. The summed E-state index contributed by atoms with van der Waals surface area (Å²) in [5.41, 5.74) is 10.8. The smallest absolute Gasteiger partial charge is 0.311 e. The number of aryl methyl sites for hydroxylation is 1. The SMILES string of the molecule is Cc1c(COc2cc(OCc3cncc(C#N)c3)c(CC[C@@](C)(CO)C(=O)O)cc2Cl)cccc1-c1cccc(-c2ccc3c(c2)NCCNC3)c1C. The van der Waals surface area contributed by atoms with Crippen LogP contribution in [0.4, 0.5) is 5.69 Å². The first-order valence-electron chi connectivity index (χ1n) is 17.6. The molecule has 2 heterocycles. The van der Waals surface area contributed by atoms with Crippen LogP contribution in [0.3, 0.4) is 0 Å². The van der Waals surface area contributed by atoms with E-state index in [1.54, 1.807) is 24.4 Å². The number of aliphatic hydroxyl groups is 1. The Labute approximate surface area is 315 Å². The van der Waals surface area contributed by atoms with Crippen LogP contribution < -0.4 is 20.1 Å². The Morgan fingerprint density at radius 1 is 0.925 bits per heavy atom. The number of ether oxygens (including phenoxy) is 2. The molecule has 0 amide bonds. The third-order valence-corrected chi connectivity index (χ3v) is 10.3. The molecule has 0 fully saturated rings. The van der Waals surface area contributed by atoms with Crippen LogP contribution in [0.5, 0.6) is 11.5 Å². The van der Waals surface area contributed by atoms with Crippen LogP contribution in [-0.2, 0) is 31.0 Å². The lowest BCUT2D eigenvalue weighted by Crippen LogP contribution is -2.32. The Balaban J connectivity index is 1.26. The lowest BCUT2D eigenvalue weighted by Gasteiger charge is -2.23. The molecule has 5 aromatic rings. The number of carboxylic acid groups (broad SMARTS) is 1. The summed E-state index contributed by atoms with van der Waals surface area (Å²) in [5, 5.41) is 36.2. The maximum atomic E-state index is 11.9. The molecule has 4 aromatic carbocycles. The van der Waals surface area contributed by atoms with Gasteiger partial charge in [0, 0.05) is 49.3 Å². The molecule has 6 rings (SSSR count). The first-order valence-corrected chi connectivity index (χ1v) is 18.0. The molecule has 53 heavy (non-hydrogen) atoms. The zero-order valence-electron chi connectivity index (χ0n) is 30.1. The Hall–Kier alpha value is -5.40. The number of aliphatic hydroxyl groups excluding tert-OH is 1. The summed E-state index contributed by atoms with van der Waals surface area (Å²) in [6, 6.07) is 26.5. The number of pyridine rings is 1. The maximum Gasteiger partial charge on any atom is 0.311 e. The van der Waals surface area contributed by atoms with Crippen molar-refractivity contribution in [3.8, 4) is 39.8 Å². The Bertz CT molecular complexity index is 2180. The van der Waals surface area contributed by atoms with Crippen molar-refractivity contribution >= 4 is 23.3 Å². The zero-order valence-corrected chi connectivity index (χ0v) is 30.9. The molecule has 9 nitrogen and oxygen atoms in total. The zero-order chi connectivity index (χ0) is 37.5. The second-order valence-electron chi connectivity index (χ2n) is 13.7. The van der Waals surface area contributed by atoms with Gasteiger partial charge in [-0.05, 0) is 102 Å². The minimum Gasteiger partial charge on any atom is -0.488 e. The van der Waals surface area contributed by atoms with E-state index in [-0.39, 0.29) is 26.1 Å². The van der Waals surface area contributed by atoms with E-state index in [4.69, 9.17) is 21.1 Å². The Kier molecular flexibility index (Phi) is 11.6. The van der Waals surface area contributed by atoms with Gasteiger partial charge >= 0.3 is 5.97 Å². The fourth-order valence-electron chi connectivity index (χ4n) is 6.57. The van der Waals surface area contributed by atoms with Gasteiger partial charge in [0.15, 0.2) is 0 Å². The van der Waals surface area contributed by atoms with Crippen molar-refractivity contribution in [2.45, 2.75) is 53.4 Å². The van der Waals surface area contributed by atoms with Gasteiger partial charge in [0.2, 0.25) is 0 Å². The minimum atomic E-state index is -1.33. The van der Waals surface area contributed by atoms with Crippen LogP contribution in [0, 0.1) is 30.6 Å². The number of nitrogens with one attached hydrogen (secondary N) is 2. The summed E-state index contributed by atoms with van der Waals surface area (Å²) < 4.78 is 12.6. The first kappa shape index (κ1) is 37.4. The minimum absolute atomic E-state index is 0.117. The predicted molar refractivity (Wildman–Crippen MR) is 207 cm³/mol. The fourth-order valence-corrected chi connectivity index (χ4v) is 6.81. The van der Waals surface area contributed by atoms with Crippen LogP contribution in [0.1, 0.15) is 52.3 Å². The monoisotopic (exact) mass is 730 g/mol. The highest BCUT2D eigenvalue weighted by atomic mass is 35.5. The molecule has 0 saturated heterocycles. The average molecular weight is 731 g/mol. The maximum absolute atomic E-state index is 11.9. The van der Waals surface area contributed by atoms with Crippen molar-refractivity contribution in [2.75, 3.05) is 25.0 Å². The number of carboxylic acids is 1. The third-order valence-electron chi connectivity index (χ3n) is 10.1. The van der Waals surface area contributed by atoms with Gasteiger partial charge in [-0.2, -0.15) is 5.26 Å². The molecule has 10 heteroatoms. The number of halogens is 1. The van der Waals surface area contributed by atoms with Crippen LogP contribution in [0.25, 0.3) is 22.3 Å². The van der Waals surface area contributed by atoms with E-state index in [1.165, 1.54) is 41.1 Å². The molecular formula is C43H43ClN4O5. The van der Waals surface area contributed by atoms with Gasteiger partial charge in [-0.3, -0.25) is 9.78 Å². The first-order chi connectivity index (χ1) is 25.6. The molecule has 1 atom stereocenters. The Morgan fingerprint density at radius 3 is 2.45 bits per heavy atom. The fraction of sp³-hybridized carbons (Fsp3) is 0.279. The normalized spacial score (nSPS) is 13.5. The van der Waals surface area contributed by atoms with Crippen molar-refractivity contribution in [3.05, 3.63) is 129 Å². The van der Waals surface area contributed by atoms with Gasteiger partial charge in [-0.1, -0.05) is 60.1 Å². The number of hydrogen-bond donors (Lipinski definition) is 4. The summed E-state index contributed by atoms with van der Waals surface area (Å²) in [6.07, 6.45) is 3.54. The van der Waals surface area contributed by atoms with Gasteiger partial charge in [-0.15, -0.1) is 0 Å². The van der Waals surface area contributed by atoms with E-state index < -0.39 is 18.0 Å². The highest BCUT2D eigenvalue weighted by Gasteiger charge is 2.32. The predicted octanol–water partition coefficient (Wildman–Crippen LogP) is 8.25. The standard InChI is InChI=1S/C43H43ClN4O5/c1-27-34(6-4-8-36(27)37-9-5-7-35(28(37)2)31-10-11-33-23-46-14-15-48-39(33)18-31)25-53-41-19-40(52-24-30-16-29(20-45)21-47-22-30)32(17-38(41)44)12-13-43(3,26-49)42(50)51/h4-11,16-19,21-22,46,48-49H,12-15,23-26H2,1-3H3,(H,50,51)/t43-/m0/s1. The van der Waals surface area contributed by atoms with Gasteiger partial charge in [0.05, 0.1) is 22.6 Å². The average Bonchev–Trinajstić information content (AvgIpc) is 3.42. The molecule has 0 radical (unpaired) electrons. The highest BCUT2D eigenvalue weighted by Crippen LogP contribution is 2.38. The van der Waals surface area contributed by atoms with Gasteiger partial charge in [0.25, 0.3) is 0 Å². The van der Waals surface area contributed by atoms with E-state index in [9.17, 15) is 20.3 Å². The molecule has 1 aliphatic rings. The van der Waals surface area contributed by atoms with Crippen molar-refractivity contribution in [1.82, 2.24) is 10.3 Å². The molecule has 0 unspecified atom stereocenters. The number of nitrogens with zero attached hydrogens (tertiary/aromatic N) is 2. The number of nitriles is 1. The largest absolute Gasteiger partial charge is 0.488 e. The number of aromatic nitrogens is 1. The second kappa shape index (κ2) is 16.5. The van der Waals surface area contributed by atoms with Crippen LogP contribution in [0.15, 0.2) is 85.2 Å². The van der Waals surface area contributed by atoms with Crippen molar-refractivity contribution < 1.29 is 24.5 Å². The highest BCUT2D eigenvalue weighted by molar-refractivity contribution is 6.32. The number of benzene rings is 4. The lowest BCUT2D eigenvalue weighted by molar-refractivity contribution is -0.150. The molecule has 0 saturated carbocycles. The number of carbonyl (C=O) groups is 1. The third kappa shape index (κ3) is 8.47. The number of hydrogen-bond acceptors (Lipinski definition) is 8. The van der Waals surface area contributed by atoms with Gasteiger partial charge in [-0.25, -0.2) is 0 Å². The van der Waals surface area contributed by atoms with E-state index in [1.807, 2.05) is 12.1 Å². The molecular weight excluding hydrogens is 688 g/mol. The molecule has 0 aliphatic carbocycles. The summed E-state index contributed by atoms with van der Waals surface area (Å²) in [6.45, 7) is 8.30. The van der Waals surface area contributed by atoms with Crippen LogP contribution >= 0.6 is 11.6 Å². The van der Waals surface area contributed by atoms with Crippen molar-refractivity contribution in [3.63, 3.8) is 0 Å². The van der Waals surface area contributed by atoms with Crippen LogP contribution in [0.2, 0.25) is 5.02 Å². The van der Waals surface area contributed by atoms with Gasteiger partial charge in [0.1, 0.15) is 30.8 Å². The molecule has 1 aliphatic heterocycles. The van der Waals surface area contributed by atoms with Crippen molar-refractivity contribution in [2.24, 2.45) is 5.41 Å². The Morgan fingerprint density at radius 2 is 1.68 bits per heavy atom. The van der Waals surface area contributed by atoms with Gasteiger partial charge < -0.3 is 30.3 Å². The summed E-state index contributed by atoms with van der Waals surface area (Å²) >= 11 is 6.79. The van der Waals surface area contributed by atoms with E-state index >= 15 is 0 Å². The molecule has 1 aromatic heterocycles. The molecule has 4 N–H and O–H groups in total. The molecule has 0 spiro atoms. The molecule has 272 valence electrons. The molecule has 0 bridgehead atoms. The van der Waals surface area contributed by atoms with Crippen molar-refractivity contribution in [1.29, 1.82) is 5.26 Å². The number of fused-ring (bicyclic) bond motifs is 1. The summed E-state index contributed by atoms with van der Waals surface area (Å²) in [5.74, 6) is -0.219. The number of aliphatic carboxylic acids is 1. The van der Waals surface area contributed by atoms with E-state index in [0.717, 1.165) is 41.9 Å². The number of rotatable bonds is 13. The quantitative estimate of drug-likeness (QED) is 0.0944. The number of anilines is 1. The van der Waals surface area contributed by atoms with E-state index in [2.05, 4.69) is 78.0 Å². The summed E-state index contributed by atoms with van der Waals surface area (Å²) in [4.78, 5) is 16.0. The van der Waals surface area contributed by atoms with E-state index in [0.29, 0.717) is 33.2 Å². The van der Waals surface area contributed by atoms with Crippen LogP contribution in [-0.4, -0.2) is 40.9 Å². The second-order valence-corrected chi connectivity index (χ2v) is 14.1. The summed E-state index contributed by atoms with van der Waals surface area (Å²) in [7, 11) is 0. The topological polar surface area (TPSA) is 137 Å².